The maximum Gasteiger partial charge on any atom is 0.268 e. The number of nitrogens with two attached hydrogens (primary N) is 1. The summed E-state index contributed by atoms with van der Waals surface area (Å²) in [6, 6.07) is 2.06. The molecule has 0 bridgehead atoms. The van der Waals surface area contributed by atoms with Gasteiger partial charge in [0.05, 0.1) is 18.9 Å². The number of primary amides is 1. The van der Waals surface area contributed by atoms with E-state index in [0.717, 1.165) is 25.9 Å². The fourth-order valence-corrected chi connectivity index (χ4v) is 3.93. The summed E-state index contributed by atoms with van der Waals surface area (Å²) < 4.78 is 1.69. The Bertz CT molecular complexity index is 1090. The van der Waals surface area contributed by atoms with Crippen LogP contribution in [0.1, 0.15) is 23.3 Å². The number of imidazole rings is 1. The maximum absolute atomic E-state index is 12.4. The molecule has 5 rings (SSSR count). The molecule has 0 spiro atoms. The average Bonchev–Trinajstić information content (AvgIpc) is 3.34. The second-order valence-electron chi connectivity index (χ2n) is 7.01. The minimum atomic E-state index is -0.621. The van der Waals surface area contributed by atoms with Gasteiger partial charge in [0.25, 0.3) is 5.91 Å². The zero-order valence-corrected chi connectivity index (χ0v) is 15.0. The molecule has 1 atom stereocenters. The van der Waals surface area contributed by atoms with Gasteiger partial charge in [0.1, 0.15) is 17.2 Å². The van der Waals surface area contributed by atoms with Crippen LogP contribution in [0.4, 0.5) is 5.82 Å². The number of carbonyl (C=O) groups is 2. The SMILES string of the molecule is NC(=O)c1cn2c(-c3nccc(N4CC(=O)N5CCCC5C4)n3)cnc2cn1. The molecule has 10 heteroatoms. The van der Waals surface area contributed by atoms with Crippen molar-refractivity contribution < 1.29 is 9.59 Å². The largest absolute Gasteiger partial charge is 0.364 e. The molecule has 5 heterocycles. The van der Waals surface area contributed by atoms with Crippen molar-refractivity contribution in [3.05, 3.63) is 36.5 Å². The molecule has 2 aliphatic rings. The molecule has 1 unspecified atom stereocenters. The molecule has 3 aromatic heterocycles. The quantitative estimate of drug-likeness (QED) is 0.685. The summed E-state index contributed by atoms with van der Waals surface area (Å²) in [5.74, 6) is 0.669. The van der Waals surface area contributed by atoms with Crippen LogP contribution in [-0.2, 0) is 4.79 Å². The molecule has 28 heavy (non-hydrogen) atoms. The zero-order chi connectivity index (χ0) is 19.3. The third-order valence-electron chi connectivity index (χ3n) is 5.30. The standard InChI is InChI=1S/C18H18N8O2/c19-17(28)12-9-26-13(6-22-15(26)7-21-12)18-20-4-3-14(23-18)24-8-11-2-1-5-25(11)16(27)10-24/h3-4,6-7,9,11H,1-2,5,8,10H2,(H2,19,28). The van der Waals surface area contributed by atoms with Gasteiger partial charge in [0, 0.05) is 31.5 Å². The summed E-state index contributed by atoms with van der Waals surface area (Å²) >= 11 is 0. The van der Waals surface area contributed by atoms with Crippen LogP contribution >= 0.6 is 0 Å². The summed E-state index contributed by atoms with van der Waals surface area (Å²) in [4.78, 5) is 45.1. The van der Waals surface area contributed by atoms with Gasteiger partial charge in [-0.15, -0.1) is 0 Å². The first-order valence-corrected chi connectivity index (χ1v) is 9.11. The number of carbonyl (C=O) groups excluding carboxylic acids is 2. The van der Waals surface area contributed by atoms with E-state index < -0.39 is 5.91 Å². The molecule has 0 saturated carbocycles. The van der Waals surface area contributed by atoms with Crippen molar-refractivity contribution in [2.24, 2.45) is 5.73 Å². The van der Waals surface area contributed by atoms with Crippen LogP contribution in [0.15, 0.2) is 30.9 Å². The lowest BCUT2D eigenvalue weighted by molar-refractivity contribution is -0.131. The van der Waals surface area contributed by atoms with E-state index in [1.807, 2.05) is 9.80 Å². The summed E-state index contributed by atoms with van der Waals surface area (Å²) in [5.41, 5.74) is 6.64. The van der Waals surface area contributed by atoms with E-state index in [4.69, 9.17) is 5.73 Å². The van der Waals surface area contributed by atoms with Gasteiger partial charge >= 0.3 is 0 Å². The highest BCUT2D eigenvalue weighted by Crippen LogP contribution is 2.26. The maximum atomic E-state index is 12.4. The monoisotopic (exact) mass is 378 g/mol. The normalized spacial score (nSPS) is 19.3. The number of hydrogen-bond acceptors (Lipinski definition) is 7. The molecule has 2 saturated heterocycles. The lowest BCUT2D eigenvalue weighted by Gasteiger charge is -2.37. The number of hydrogen-bond donors (Lipinski definition) is 1. The second kappa shape index (κ2) is 6.25. The Kier molecular flexibility index (Phi) is 3.71. The van der Waals surface area contributed by atoms with Crippen LogP contribution in [0.5, 0.6) is 0 Å². The van der Waals surface area contributed by atoms with Gasteiger partial charge < -0.3 is 15.5 Å². The van der Waals surface area contributed by atoms with Crippen LogP contribution in [0.2, 0.25) is 0 Å². The third kappa shape index (κ3) is 2.65. The summed E-state index contributed by atoms with van der Waals surface area (Å²) in [5, 5.41) is 0. The lowest BCUT2D eigenvalue weighted by atomic mass is 10.1. The van der Waals surface area contributed by atoms with Crippen molar-refractivity contribution >= 4 is 23.3 Å². The number of anilines is 1. The first kappa shape index (κ1) is 16.6. The van der Waals surface area contributed by atoms with E-state index in [2.05, 4.69) is 19.9 Å². The van der Waals surface area contributed by atoms with E-state index in [-0.39, 0.29) is 17.6 Å². The molecule has 10 nitrogen and oxygen atoms in total. The summed E-state index contributed by atoms with van der Waals surface area (Å²) in [7, 11) is 0. The molecule has 0 aromatic carbocycles. The van der Waals surface area contributed by atoms with Crippen molar-refractivity contribution in [1.29, 1.82) is 0 Å². The van der Waals surface area contributed by atoms with Gasteiger partial charge in [-0.1, -0.05) is 0 Å². The number of piperazine rings is 1. The minimum absolute atomic E-state index is 0.130. The molecule has 2 aliphatic heterocycles. The van der Waals surface area contributed by atoms with Crippen LogP contribution in [-0.4, -0.2) is 66.7 Å². The molecule has 0 aliphatic carbocycles. The highest BCUT2D eigenvalue weighted by Gasteiger charge is 2.36. The topological polar surface area (TPSA) is 123 Å². The van der Waals surface area contributed by atoms with Crippen LogP contribution < -0.4 is 10.6 Å². The van der Waals surface area contributed by atoms with Crippen molar-refractivity contribution in [2.75, 3.05) is 24.5 Å². The van der Waals surface area contributed by atoms with Gasteiger partial charge in [-0.3, -0.25) is 14.0 Å². The van der Waals surface area contributed by atoms with E-state index in [9.17, 15) is 9.59 Å². The Morgan fingerprint density at radius 2 is 2.11 bits per heavy atom. The van der Waals surface area contributed by atoms with Crippen LogP contribution in [0, 0.1) is 0 Å². The predicted octanol–water partition coefficient (Wildman–Crippen LogP) is 0.0962. The molecule has 2 fully saturated rings. The third-order valence-corrected chi connectivity index (χ3v) is 5.30. The zero-order valence-electron chi connectivity index (χ0n) is 15.0. The summed E-state index contributed by atoms with van der Waals surface area (Å²) in [6.45, 7) is 1.94. The fourth-order valence-electron chi connectivity index (χ4n) is 3.93. The molecular weight excluding hydrogens is 360 g/mol. The Morgan fingerprint density at radius 3 is 2.96 bits per heavy atom. The fraction of sp³-hybridized carbons (Fsp3) is 0.333. The molecule has 0 radical (unpaired) electrons. The van der Waals surface area contributed by atoms with Gasteiger partial charge in [0.15, 0.2) is 11.5 Å². The Balaban J connectivity index is 1.51. The predicted molar refractivity (Wildman–Crippen MR) is 99.5 cm³/mol. The molecular formula is C18H18N8O2. The van der Waals surface area contributed by atoms with Crippen molar-refractivity contribution in [1.82, 2.24) is 29.2 Å². The highest BCUT2D eigenvalue weighted by atomic mass is 16.2. The number of nitrogens with zero attached hydrogens (tertiary/aromatic N) is 7. The number of aromatic nitrogens is 5. The first-order valence-electron chi connectivity index (χ1n) is 9.11. The number of rotatable bonds is 3. The molecule has 2 N–H and O–H groups in total. The lowest BCUT2D eigenvalue weighted by Crippen LogP contribution is -2.54. The van der Waals surface area contributed by atoms with E-state index >= 15 is 0 Å². The highest BCUT2D eigenvalue weighted by molar-refractivity contribution is 5.90. The Labute approximate surface area is 160 Å². The van der Waals surface area contributed by atoms with E-state index in [1.54, 1.807) is 22.9 Å². The van der Waals surface area contributed by atoms with Crippen molar-refractivity contribution in [3.63, 3.8) is 0 Å². The molecule has 2 amide bonds. The van der Waals surface area contributed by atoms with Gasteiger partial charge in [-0.05, 0) is 18.9 Å². The van der Waals surface area contributed by atoms with Gasteiger partial charge in [-0.25, -0.2) is 19.9 Å². The molecule has 142 valence electrons. The van der Waals surface area contributed by atoms with Gasteiger partial charge in [0.2, 0.25) is 5.91 Å². The van der Waals surface area contributed by atoms with Crippen molar-refractivity contribution in [3.8, 4) is 11.5 Å². The minimum Gasteiger partial charge on any atom is -0.364 e. The summed E-state index contributed by atoms with van der Waals surface area (Å²) in [6.07, 6.45) is 8.37. The molecule has 3 aromatic rings. The second-order valence-corrected chi connectivity index (χ2v) is 7.01. The smallest absolute Gasteiger partial charge is 0.268 e. The average molecular weight is 378 g/mol. The Hall–Kier alpha value is -3.56. The van der Waals surface area contributed by atoms with E-state index in [0.29, 0.717) is 29.5 Å². The number of fused-ring (bicyclic) bond motifs is 2. The van der Waals surface area contributed by atoms with Crippen LogP contribution in [0.3, 0.4) is 0 Å². The Morgan fingerprint density at radius 1 is 1.21 bits per heavy atom. The first-order chi connectivity index (χ1) is 13.6. The van der Waals surface area contributed by atoms with Gasteiger partial charge in [-0.2, -0.15) is 0 Å². The van der Waals surface area contributed by atoms with Crippen LogP contribution in [0.25, 0.3) is 17.2 Å². The van der Waals surface area contributed by atoms with E-state index in [1.165, 1.54) is 12.4 Å². The van der Waals surface area contributed by atoms with Crippen molar-refractivity contribution in [2.45, 2.75) is 18.9 Å². The number of amides is 2.